The maximum absolute atomic E-state index is 2.41. The molecule has 0 saturated carbocycles. The summed E-state index contributed by atoms with van der Waals surface area (Å²) in [4.78, 5) is 0. The summed E-state index contributed by atoms with van der Waals surface area (Å²) in [5, 5.41) is 0. The van der Waals surface area contributed by atoms with Crippen LogP contribution in [0.3, 0.4) is 0 Å². The van der Waals surface area contributed by atoms with Crippen LogP contribution in [0.2, 0.25) is 0 Å². The second kappa shape index (κ2) is 8.85. The quantitative estimate of drug-likeness (QED) is 0.237. The number of hydrogen-bond donors (Lipinski definition) is 0. The van der Waals surface area contributed by atoms with Crippen molar-refractivity contribution in [1.82, 2.24) is 0 Å². The van der Waals surface area contributed by atoms with E-state index >= 15 is 0 Å². The van der Waals surface area contributed by atoms with Crippen LogP contribution in [0, 0.1) is 0 Å². The van der Waals surface area contributed by atoms with Crippen LogP contribution in [0.1, 0.15) is 58.7 Å². The predicted octanol–water partition coefficient (Wildman–Crippen LogP) is 9.43. The summed E-state index contributed by atoms with van der Waals surface area (Å²) in [6, 6.07) is 51.1. The maximum atomic E-state index is 2.41. The molecule has 2 aliphatic rings. The molecule has 38 heavy (non-hydrogen) atoms. The van der Waals surface area contributed by atoms with Gasteiger partial charge in [-0.25, -0.2) is 0 Å². The van der Waals surface area contributed by atoms with Gasteiger partial charge in [0.1, 0.15) is 0 Å². The van der Waals surface area contributed by atoms with E-state index in [0.29, 0.717) is 0 Å². The van der Waals surface area contributed by atoms with E-state index in [-0.39, 0.29) is 11.3 Å². The van der Waals surface area contributed by atoms with E-state index in [0.717, 1.165) is 0 Å². The summed E-state index contributed by atoms with van der Waals surface area (Å²) in [5.74, 6) is 0.157. The lowest BCUT2D eigenvalue weighted by Gasteiger charge is -2.30. The van der Waals surface area contributed by atoms with Gasteiger partial charge in [0.15, 0.2) is 0 Å². The third kappa shape index (κ3) is 3.37. The van der Waals surface area contributed by atoms with Crippen LogP contribution in [0.4, 0.5) is 0 Å². The average molecular weight is 487 g/mol. The van der Waals surface area contributed by atoms with Gasteiger partial charge in [-0.3, -0.25) is 0 Å². The second-order valence-electron chi connectivity index (χ2n) is 10.9. The first-order chi connectivity index (χ1) is 18.7. The maximum Gasteiger partial charge on any atom is 0.0355 e. The first-order valence-corrected chi connectivity index (χ1v) is 13.5. The number of hydrogen-bond acceptors (Lipinski definition) is 0. The van der Waals surface area contributed by atoms with Gasteiger partial charge >= 0.3 is 0 Å². The Hall–Kier alpha value is -4.42. The SMILES string of the molecule is CC1(C)C(C2=C(c3ccccc3)c3ccccc3[C@@H]2c2ccccc2)=C(c2ccccc2)c2ccccc21. The first kappa shape index (κ1) is 22.8. The van der Waals surface area contributed by atoms with Crippen LogP contribution < -0.4 is 0 Å². The Balaban J connectivity index is 1.65. The molecular formula is C38H30. The number of benzene rings is 5. The third-order valence-corrected chi connectivity index (χ3v) is 8.37. The minimum atomic E-state index is -0.161. The lowest BCUT2D eigenvalue weighted by atomic mass is 9.72. The molecule has 0 unspecified atom stereocenters. The largest absolute Gasteiger partial charge is 0.0622 e. The van der Waals surface area contributed by atoms with Crippen molar-refractivity contribution in [2.75, 3.05) is 0 Å². The summed E-state index contributed by atoms with van der Waals surface area (Å²) >= 11 is 0. The van der Waals surface area contributed by atoms with E-state index in [1.807, 2.05) is 0 Å². The van der Waals surface area contributed by atoms with E-state index in [4.69, 9.17) is 0 Å². The summed E-state index contributed by atoms with van der Waals surface area (Å²) in [5.41, 5.74) is 14.8. The van der Waals surface area contributed by atoms with Crippen molar-refractivity contribution >= 4 is 11.1 Å². The molecule has 5 aromatic rings. The molecule has 0 spiro atoms. The molecule has 0 heterocycles. The van der Waals surface area contributed by atoms with Crippen LogP contribution in [0.5, 0.6) is 0 Å². The molecule has 0 bridgehead atoms. The van der Waals surface area contributed by atoms with Gasteiger partial charge in [-0.2, -0.15) is 0 Å². The minimum Gasteiger partial charge on any atom is -0.0622 e. The second-order valence-corrected chi connectivity index (χ2v) is 10.9. The normalized spacial score (nSPS) is 17.5. The fourth-order valence-electron chi connectivity index (χ4n) is 6.80. The molecule has 182 valence electrons. The van der Waals surface area contributed by atoms with Gasteiger partial charge in [0, 0.05) is 11.3 Å². The van der Waals surface area contributed by atoms with Crippen molar-refractivity contribution in [3.63, 3.8) is 0 Å². The Morgan fingerprint density at radius 1 is 0.474 bits per heavy atom. The molecule has 0 aliphatic heterocycles. The van der Waals surface area contributed by atoms with Crippen molar-refractivity contribution < 1.29 is 0 Å². The molecule has 1 atom stereocenters. The standard InChI is InChI=1S/C38H30/c1-38(2)32-25-15-14-24-31(32)35(28-20-10-5-11-21-28)37(38)36-33(26-16-6-3-7-17-26)29-22-12-13-23-30(29)34(36)27-18-8-4-9-19-27/h3-25,33H,1-2H3/t33-/m0/s1. The van der Waals surface area contributed by atoms with Crippen molar-refractivity contribution in [2.24, 2.45) is 0 Å². The van der Waals surface area contributed by atoms with E-state index in [1.165, 1.54) is 61.2 Å². The molecule has 0 fully saturated rings. The van der Waals surface area contributed by atoms with Crippen LogP contribution in [0.25, 0.3) is 11.1 Å². The Bertz CT molecular complexity index is 1700. The summed E-state index contributed by atoms with van der Waals surface area (Å²) < 4.78 is 0. The number of rotatable bonds is 4. The van der Waals surface area contributed by atoms with Gasteiger partial charge in [0.05, 0.1) is 0 Å². The van der Waals surface area contributed by atoms with Crippen molar-refractivity contribution in [3.8, 4) is 0 Å². The van der Waals surface area contributed by atoms with Gasteiger partial charge in [-0.1, -0.05) is 153 Å². The molecule has 0 radical (unpaired) electrons. The van der Waals surface area contributed by atoms with Gasteiger partial charge in [-0.15, -0.1) is 0 Å². The Morgan fingerprint density at radius 2 is 0.974 bits per heavy atom. The van der Waals surface area contributed by atoms with Crippen molar-refractivity contribution in [1.29, 1.82) is 0 Å². The van der Waals surface area contributed by atoms with E-state index in [2.05, 4.69) is 153 Å². The molecule has 0 N–H and O–H groups in total. The third-order valence-electron chi connectivity index (χ3n) is 8.37. The molecule has 0 amide bonds. The predicted molar refractivity (Wildman–Crippen MR) is 159 cm³/mol. The number of fused-ring (bicyclic) bond motifs is 2. The molecule has 0 nitrogen and oxygen atoms in total. The fourth-order valence-corrected chi connectivity index (χ4v) is 6.80. The molecule has 0 heteroatoms. The zero-order valence-corrected chi connectivity index (χ0v) is 21.9. The lowest BCUT2D eigenvalue weighted by molar-refractivity contribution is 0.638. The lowest BCUT2D eigenvalue weighted by Crippen LogP contribution is -2.21. The summed E-state index contributed by atoms with van der Waals surface area (Å²) in [6.45, 7) is 4.83. The van der Waals surface area contributed by atoms with Gasteiger partial charge in [-0.05, 0) is 61.2 Å². The molecule has 2 aliphatic carbocycles. The van der Waals surface area contributed by atoms with Gasteiger partial charge in [0.25, 0.3) is 0 Å². The monoisotopic (exact) mass is 486 g/mol. The van der Waals surface area contributed by atoms with Crippen LogP contribution in [-0.2, 0) is 5.41 Å². The van der Waals surface area contributed by atoms with Gasteiger partial charge < -0.3 is 0 Å². The highest BCUT2D eigenvalue weighted by molar-refractivity contribution is 6.00. The van der Waals surface area contributed by atoms with Gasteiger partial charge in [0.2, 0.25) is 0 Å². The van der Waals surface area contributed by atoms with E-state index in [9.17, 15) is 0 Å². The summed E-state index contributed by atoms with van der Waals surface area (Å²) in [6.07, 6.45) is 0. The zero-order chi connectivity index (χ0) is 25.7. The Kier molecular flexibility index (Phi) is 5.30. The highest BCUT2D eigenvalue weighted by Crippen LogP contribution is 2.59. The number of allylic oxidation sites excluding steroid dienone is 2. The van der Waals surface area contributed by atoms with Crippen LogP contribution in [0.15, 0.2) is 151 Å². The minimum absolute atomic E-state index is 0.157. The van der Waals surface area contributed by atoms with Crippen LogP contribution in [-0.4, -0.2) is 0 Å². The molecular weight excluding hydrogens is 456 g/mol. The zero-order valence-electron chi connectivity index (χ0n) is 21.9. The molecule has 5 aromatic carbocycles. The Morgan fingerprint density at radius 3 is 1.63 bits per heavy atom. The summed E-state index contributed by atoms with van der Waals surface area (Å²) in [7, 11) is 0. The first-order valence-electron chi connectivity index (χ1n) is 13.5. The van der Waals surface area contributed by atoms with E-state index in [1.54, 1.807) is 0 Å². The van der Waals surface area contributed by atoms with Crippen molar-refractivity contribution in [3.05, 3.63) is 190 Å². The highest BCUT2D eigenvalue weighted by Gasteiger charge is 2.45. The smallest absolute Gasteiger partial charge is 0.0355 e. The fraction of sp³-hybridized carbons (Fsp3) is 0.105. The molecule has 0 aromatic heterocycles. The molecule has 0 saturated heterocycles. The van der Waals surface area contributed by atoms with E-state index < -0.39 is 0 Å². The average Bonchev–Trinajstić information content (AvgIpc) is 3.43. The molecule has 7 rings (SSSR count). The van der Waals surface area contributed by atoms with Crippen LogP contribution >= 0.6 is 0 Å². The topological polar surface area (TPSA) is 0 Å². The van der Waals surface area contributed by atoms with Crippen molar-refractivity contribution in [2.45, 2.75) is 25.2 Å². The highest BCUT2D eigenvalue weighted by atomic mass is 14.5. The Labute approximate surface area is 225 Å².